The van der Waals surface area contributed by atoms with Crippen LogP contribution in [-0.2, 0) is 23.7 Å². The minimum Gasteiger partial charge on any atom is -0.469 e. The number of aliphatic hydroxyl groups excluding tert-OH is 4. The average molecular weight is 750 g/mol. The van der Waals surface area contributed by atoms with Crippen molar-refractivity contribution in [2.45, 2.75) is 161 Å². The summed E-state index contributed by atoms with van der Waals surface area (Å²) in [6.45, 7) is 12.1. The van der Waals surface area contributed by atoms with Crippen LogP contribution in [0.1, 0.15) is 125 Å². The lowest BCUT2D eigenvalue weighted by molar-refractivity contribution is -0.303. The quantitative estimate of drug-likeness (QED) is 0.0730. The summed E-state index contributed by atoms with van der Waals surface area (Å²) < 4.78 is 21.8. The fourth-order valence-corrected chi connectivity index (χ4v) is 11.5. The molecule has 1 unspecified atom stereocenters. The number of methoxy groups -OCH3 is 1. The minimum absolute atomic E-state index is 0.120. The molecule has 11 heteroatoms. The summed E-state index contributed by atoms with van der Waals surface area (Å²) in [6.07, 6.45) is 10.1. The first-order valence-corrected chi connectivity index (χ1v) is 20.9. The molecule has 1 saturated heterocycles. The van der Waals surface area contributed by atoms with Crippen LogP contribution in [0.5, 0.6) is 0 Å². The van der Waals surface area contributed by atoms with Crippen LogP contribution in [0.4, 0.5) is 4.79 Å². The Balaban J connectivity index is 1.04. The van der Waals surface area contributed by atoms with E-state index in [0.29, 0.717) is 31.2 Å². The number of carbonyl (C=O) groups excluding carboxylic acids is 2. The van der Waals surface area contributed by atoms with Crippen molar-refractivity contribution in [2.75, 3.05) is 26.9 Å². The summed E-state index contributed by atoms with van der Waals surface area (Å²) in [5.74, 6) is 3.62. The smallest absolute Gasteiger partial charge is 0.407 e. The van der Waals surface area contributed by atoms with Gasteiger partial charge in [-0.25, -0.2) is 4.79 Å². The highest BCUT2D eigenvalue weighted by Gasteiger charge is 2.59. The van der Waals surface area contributed by atoms with E-state index in [4.69, 9.17) is 18.9 Å². The standard InChI is InChI=1S/C42H71NO10/c1-25(2)10-9-11-26(3)31-15-16-32-30-14-13-28-22-29(17-19-41(28,4)33(30)18-20-42(31,32)5)52-40(49)43-21-8-7-12-27(38(48)50-6)24-51-39-37(47)36(46)35(45)34(23-44)53-39/h13,25-27,29-37,39,44-47H,7-12,14-24H2,1-6H3,(H,43,49)/t26-,27?,29+,30+,31-,32+,33+,34-,35+,36-,37+,39-,41+,42-/m1/s1. The van der Waals surface area contributed by atoms with Crippen LogP contribution < -0.4 is 5.32 Å². The van der Waals surface area contributed by atoms with Gasteiger partial charge in [0.05, 0.1) is 26.2 Å². The molecule has 14 atom stereocenters. The van der Waals surface area contributed by atoms with Crippen LogP contribution in [0.15, 0.2) is 11.6 Å². The average Bonchev–Trinajstić information content (AvgIpc) is 3.49. The van der Waals surface area contributed by atoms with Gasteiger partial charge in [0.15, 0.2) is 6.29 Å². The Kier molecular flexibility index (Phi) is 14.8. The number of rotatable bonds is 16. The Hall–Kier alpha value is -1.76. The number of unbranched alkanes of at least 4 members (excludes halogenated alkanes) is 1. The lowest BCUT2D eigenvalue weighted by atomic mass is 9.47. The Morgan fingerprint density at radius 3 is 2.43 bits per heavy atom. The lowest BCUT2D eigenvalue weighted by Gasteiger charge is -2.58. The number of allylic oxidation sites excluding steroid dienone is 1. The van der Waals surface area contributed by atoms with Gasteiger partial charge in [0.25, 0.3) is 0 Å². The third-order valence-corrected chi connectivity index (χ3v) is 14.6. The zero-order valence-corrected chi connectivity index (χ0v) is 33.3. The second-order valence-corrected chi connectivity index (χ2v) is 18.2. The van der Waals surface area contributed by atoms with Crippen molar-refractivity contribution < 1.29 is 49.0 Å². The van der Waals surface area contributed by atoms with Crippen LogP contribution in [0.25, 0.3) is 0 Å². The van der Waals surface area contributed by atoms with Crippen molar-refractivity contribution >= 4 is 12.1 Å². The molecule has 3 saturated carbocycles. The first kappa shape index (κ1) is 42.4. The van der Waals surface area contributed by atoms with Gasteiger partial charge in [0, 0.05) is 13.0 Å². The van der Waals surface area contributed by atoms with Crippen LogP contribution in [-0.4, -0.2) is 96.2 Å². The zero-order valence-electron chi connectivity index (χ0n) is 33.3. The Labute approximate surface area is 317 Å². The Morgan fingerprint density at radius 1 is 0.943 bits per heavy atom. The van der Waals surface area contributed by atoms with Gasteiger partial charge in [0.2, 0.25) is 0 Å². The molecule has 0 aromatic carbocycles. The molecule has 5 N–H and O–H groups in total. The van der Waals surface area contributed by atoms with Crippen LogP contribution in [0.2, 0.25) is 0 Å². The number of fused-ring (bicyclic) bond motifs is 5. The van der Waals surface area contributed by atoms with E-state index >= 15 is 0 Å². The molecule has 11 nitrogen and oxygen atoms in total. The summed E-state index contributed by atoms with van der Waals surface area (Å²) >= 11 is 0. The van der Waals surface area contributed by atoms with Gasteiger partial charge in [-0.05, 0) is 104 Å². The number of esters is 1. The van der Waals surface area contributed by atoms with Crippen molar-refractivity contribution in [3.05, 3.63) is 11.6 Å². The molecule has 1 aliphatic heterocycles. The predicted molar refractivity (Wildman–Crippen MR) is 200 cm³/mol. The number of carbonyl (C=O) groups is 2. The molecule has 0 spiro atoms. The molecule has 5 aliphatic rings. The van der Waals surface area contributed by atoms with Gasteiger partial charge in [-0.3, -0.25) is 4.79 Å². The largest absolute Gasteiger partial charge is 0.469 e. The van der Waals surface area contributed by atoms with Gasteiger partial charge in [-0.2, -0.15) is 0 Å². The summed E-state index contributed by atoms with van der Waals surface area (Å²) in [6, 6.07) is 0. The maximum Gasteiger partial charge on any atom is 0.407 e. The number of hydrogen-bond acceptors (Lipinski definition) is 10. The second-order valence-electron chi connectivity index (χ2n) is 18.2. The van der Waals surface area contributed by atoms with Gasteiger partial charge in [-0.1, -0.05) is 72.0 Å². The first-order chi connectivity index (χ1) is 25.2. The van der Waals surface area contributed by atoms with Crippen LogP contribution in [0, 0.1) is 52.3 Å². The van der Waals surface area contributed by atoms with Crippen molar-refractivity contribution in [3.63, 3.8) is 0 Å². The van der Waals surface area contributed by atoms with E-state index in [1.54, 1.807) is 0 Å². The van der Waals surface area contributed by atoms with E-state index < -0.39 is 55.3 Å². The molecule has 53 heavy (non-hydrogen) atoms. The van der Waals surface area contributed by atoms with Crippen molar-refractivity contribution in [1.82, 2.24) is 5.32 Å². The minimum atomic E-state index is -1.56. The maximum absolute atomic E-state index is 12.8. The number of amides is 1. The highest BCUT2D eigenvalue weighted by atomic mass is 16.7. The SMILES string of the molecule is COC(=O)C(CCCCNC(=O)O[C@H]1CC[C@@]2(C)C(=CC[C@H]3[C@@H]4CC[C@H]([C@H](C)CCCC(C)C)[C@@]4(C)CC[C@@H]32)C1)CO[C@@H]1O[C@H](CO)[C@H](O)[C@@H](O)[C@@H]1O. The summed E-state index contributed by atoms with van der Waals surface area (Å²) in [5, 5.41) is 42.5. The topological polar surface area (TPSA) is 164 Å². The van der Waals surface area contributed by atoms with Crippen molar-refractivity contribution in [2.24, 2.45) is 52.3 Å². The van der Waals surface area contributed by atoms with E-state index in [1.807, 2.05) is 0 Å². The summed E-state index contributed by atoms with van der Waals surface area (Å²) in [5.41, 5.74) is 2.17. The van der Waals surface area contributed by atoms with Crippen molar-refractivity contribution in [3.8, 4) is 0 Å². The predicted octanol–water partition coefficient (Wildman–Crippen LogP) is 5.90. The Bertz CT molecular complexity index is 1240. The highest BCUT2D eigenvalue weighted by Crippen LogP contribution is 2.67. The number of ether oxygens (including phenoxy) is 4. The van der Waals surface area contributed by atoms with E-state index in [9.17, 15) is 30.0 Å². The van der Waals surface area contributed by atoms with Crippen LogP contribution in [0.3, 0.4) is 0 Å². The van der Waals surface area contributed by atoms with Gasteiger partial charge in [0.1, 0.15) is 30.5 Å². The summed E-state index contributed by atoms with van der Waals surface area (Å²) in [4.78, 5) is 25.3. The fraction of sp³-hybridized carbons (Fsp3) is 0.905. The number of nitrogens with one attached hydrogen (secondary N) is 1. The van der Waals surface area contributed by atoms with Gasteiger partial charge < -0.3 is 44.7 Å². The third kappa shape index (κ3) is 9.45. The van der Waals surface area contributed by atoms with E-state index in [1.165, 1.54) is 64.0 Å². The van der Waals surface area contributed by atoms with Crippen LogP contribution >= 0.6 is 0 Å². The summed E-state index contributed by atoms with van der Waals surface area (Å²) in [7, 11) is 1.28. The molecule has 1 amide bonds. The molecule has 0 aromatic rings. The lowest BCUT2D eigenvalue weighted by Crippen LogP contribution is -2.59. The third-order valence-electron chi connectivity index (χ3n) is 14.6. The molecule has 0 aromatic heterocycles. The fourth-order valence-electron chi connectivity index (χ4n) is 11.5. The van der Waals surface area contributed by atoms with Crippen molar-refractivity contribution in [1.29, 1.82) is 0 Å². The Morgan fingerprint density at radius 2 is 1.72 bits per heavy atom. The number of aliphatic hydroxyl groups is 4. The van der Waals surface area contributed by atoms with E-state index in [-0.39, 0.29) is 18.1 Å². The number of hydrogen-bond donors (Lipinski definition) is 5. The van der Waals surface area contributed by atoms with Gasteiger partial charge >= 0.3 is 12.1 Å². The molecular weight excluding hydrogens is 678 g/mol. The molecule has 5 rings (SSSR count). The second kappa shape index (κ2) is 18.5. The molecular formula is C42H71NO10. The molecule has 304 valence electrons. The van der Waals surface area contributed by atoms with E-state index in [0.717, 1.165) is 54.8 Å². The molecule has 4 fully saturated rings. The zero-order chi connectivity index (χ0) is 38.5. The van der Waals surface area contributed by atoms with Gasteiger partial charge in [-0.15, -0.1) is 0 Å². The molecule has 1 heterocycles. The van der Waals surface area contributed by atoms with E-state index in [2.05, 4.69) is 46.0 Å². The maximum atomic E-state index is 12.8. The molecule has 0 bridgehead atoms. The highest BCUT2D eigenvalue weighted by molar-refractivity contribution is 5.72. The molecule has 0 radical (unpaired) electrons. The first-order valence-electron chi connectivity index (χ1n) is 20.9. The molecule has 4 aliphatic carbocycles. The normalized spacial score (nSPS) is 39.3. The monoisotopic (exact) mass is 750 g/mol. The number of alkyl carbamates (subject to hydrolysis) is 1.